The molecule has 0 heterocycles. The van der Waals surface area contributed by atoms with Gasteiger partial charge in [0.25, 0.3) is 5.91 Å². The summed E-state index contributed by atoms with van der Waals surface area (Å²) in [7, 11) is 1.56. The Morgan fingerprint density at radius 1 is 1.00 bits per heavy atom. The van der Waals surface area contributed by atoms with E-state index in [-0.39, 0.29) is 18.6 Å². The first-order valence-corrected chi connectivity index (χ1v) is 9.05. The number of hydrogen-bond acceptors (Lipinski definition) is 5. The number of benzene rings is 2. The largest absolute Gasteiger partial charge is 0.497 e. The molecule has 28 heavy (non-hydrogen) atoms. The van der Waals surface area contributed by atoms with Crippen molar-refractivity contribution in [2.24, 2.45) is 0 Å². The zero-order valence-electron chi connectivity index (χ0n) is 16.6. The third-order valence-corrected chi connectivity index (χ3v) is 4.28. The number of carbonyl (C=O) groups is 3. The van der Waals surface area contributed by atoms with E-state index in [1.807, 2.05) is 32.0 Å². The summed E-state index contributed by atoms with van der Waals surface area (Å²) < 4.78 is 10.2. The van der Waals surface area contributed by atoms with Gasteiger partial charge >= 0.3 is 5.97 Å². The van der Waals surface area contributed by atoms with Gasteiger partial charge in [0.05, 0.1) is 13.5 Å². The molecule has 0 saturated heterocycles. The molecule has 148 valence electrons. The molecule has 0 radical (unpaired) electrons. The lowest BCUT2D eigenvalue weighted by Gasteiger charge is -2.14. The number of aryl methyl sites for hydroxylation is 2. The normalized spacial score (nSPS) is 11.4. The molecule has 6 nitrogen and oxygen atoms in total. The van der Waals surface area contributed by atoms with Crippen LogP contribution in [0.25, 0.3) is 0 Å². The van der Waals surface area contributed by atoms with Crippen LogP contribution in [0.15, 0.2) is 42.5 Å². The first kappa shape index (κ1) is 21.2. The van der Waals surface area contributed by atoms with Crippen LogP contribution in [0.5, 0.6) is 5.75 Å². The van der Waals surface area contributed by atoms with Crippen LogP contribution in [0.2, 0.25) is 0 Å². The zero-order chi connectivity index (χ0) is 20.7. The van der Waals surface area contributed by atoms with Gasteiger partial charge in [0, 0.05) is 17.7 Å². The number of ether oxygens (including phenoxy) is 2. The molecule has 2 aromatic carbocycles. The molecule has 0 aliphatic carbocycles. The van der Waals surface area contributed by atoms with Gasteiger partial charge in [-0.3, -0.25) is 14.4 Å². The summed E-state index contributed by atoms with van der Waals surface area (Å²) in [5.41, 5.74) is 3.04. The lowest BCUT2D eigenvalue weighted by molar-refractivity contribution is -0.153. The number of nitrogens with one attached hydrogen (secondary N) is 1. The average Bonchev–Trinajstić information content (AvgIpc) is 2.68. The number of methoxy groups -OCH3 is 1. The maximum atomic E-state index is 12.3. The van der Waals surface area contributed by atoms with Crippen molar-refractivity contribution >= 4 is 23.3 Å². The van der Waals surface area contributed by atoms with Crippen molar-refractivity contribution in [2.75, 3.05) is 12.4 Å². The zero-order valence-corrected chi connectivity index (χ0v) is 16.6. The Balaban J connectivity index is 1.83. The van der Waals surface area contributed by atoms with Gasteiger partial charge in [-0.15, -0.1) is 0 Å². The molecular weight excluding hydrogens is 358 g/mol. The van der Waals surface area contributed by atoms with Crippen molar-refractivity contribution in [3.63, 3.8) is 0 Å². The Bertz CT molecular complexity index is 858. The van der Waals surface area contributed by atoms with E-state index < -0.39 is 18.0 Å². The molecule has 1 amide bonds. The predicted molar refractivity (Wildman–Crippen MR) is 107 cm³/mol. The third kappa shape index (κ3) is 5.94. The van der Waals surface area contributed by atoms with Crippen LogP contribution in [-0.4, -0.2) is 30.9 Å². The highest BCUT2D eigenvalue weighted by Crippen LogP contribution is 2.16. The first-order valence-electron chi connectivity index (χ1n) is 9.05. The summed E-state index contributed by atoms with van der Waals surface area (Å²) in [5.74, 6) is -0.477. The van der Waals surface area contributed by atoms with Gasteiger partial charge in [0.15, 0.2) is 11.9 Å². The van der Waals surface area contributed by atoms with Gasteiger partial charge < -0.3 is 14.8 Å². The molecule has 0 fully saturated rings. The van der Waals surface area contributed by atoms with E-state index >= 15 is 0 Å². The maximum absolute atomic E-state index is 12.3. The van der Waals surface area contributed by atoms with Gasteiger partial charge in [0.2, 0.25) is 0 Å². The second kappa shape index (κ2) is 9.69. The van der Waals surface area contributed by atoms with E-state index in [4.69, 9.17) is 9.47 Å². The smallest absolute Gasteiger partial charge is 0.307 e. The minimum absolute atomic E-state index is 0.0376. The van der Waals surface area contributed by atoms with E-state index in [0.717, 1.165) is 11.1 Å². The van der Waals surface area contributed by atoms with Gasteiger partial charge in [-0.05, 0) is 56.7 Å². The van der Waals surface area contributed by atoms with Crippen molar-refractivity contribution < 1.29 is 23.9 Å². The average molecular weight is 383 g/mol. The number of esters is 1. The summed E-state index contributed by atoms with van der Waals surface area (Å²) >= 11 is 0. The molecule has 0 aliphatic heterocycles. The molecule has 0 aromatic heterocycles. The molecule has 1 N–H and O–H groups in total. The van der Waals surface area contributed by atoms with Crippen LogP contribution < -0.4 is 10.1 Å². The van der Waals surface area contributed by atoms with Gasteiger partial charge in [-0.25, -0.2) is 0 Å². The van der Waals surface area contributed by atoms with Gasteiger partial charge in [0.1, 0.15) is 5.75 Å². The van der Waals surface area contributed by atoms with Crippen molar-refractivity contribution in [1.82, 2.24) is 0 Å². The minimum atomic E-state index is -0.967. The molecule has 2 aromatic rings. The fourth-order valence-electron chi connectivity index (χ4n) is 2.61. The van der Waals surface area contributed by atoms with Crippen molar-refractivity contribution in [3.8, 4) is 5.75 Å². The van der Waals surface area contributed by atoms with Crippen molar-refractivity contribution in [2.45, 2.75) is 39.7 Å². The maximum Gasteiger partial charge on any atom is 0.307 e. The molecule has 6 heteroatoms. The number of ketones is 1. The van der Waals surface area contributed by atoms with Crippen LogP contribution in [0.3, 0.4) is 0 Å². The Labute approximate surface area is 164 Å². The summed E-state index contributed by atoms with van der Waals surface area (Å²) in [5, 5.41) is 2.66. The summed E-state index contributed by atoms with van der Waals surface area (Å²) in [6.07, 6.45) is -1.01. The highest BCUT2D eigenvalue weighted by Gasteiger charge is 2.19. The third-order valence-electron chi connectivity index (χ3n) is 4.28. The van der Waals surface area contributed by atoms with E-state index in [0.29, 0.717) is 17.0 Å². The summed E-state index contributed by atoms with van der Waals surface area (Å²) in [6.45, 7) is 5.26. The van der Waals surface area contributed by atoms with Gasteiger partial charge in [-0.1, -0.05) is 17.7 Å². The molecule has 0 bridgehead atoms. The van der Waals surface area contributed by atoms with Crippen molar-refractivity contribution in [1.29, 1.82) is 0 Å². The SMILES string of the molecule is COc1ccc(NC(=O)[C@H](C)OC(=O)CCC(=O)c2cc(C)ccc2C)cc1. The number of Topliss-reactive ketones (excluding diaryl/α,β-unsaturated/α-hetero) is 1. The summed E-state index contributed by atoms with van der Waals surface area (Å²) in [4.78, 5) is 36.5. The topological polar surface area (TPSA) is 81.7 Å². The first-order chi connectivity index (χ1) is 13.3. The number of hydrogen-bond donors (Lipinski definition) is 1. The number of amides is 1. The summed E-state index contributed by atoms with van der Waals surface area (Å²) in [6, 6.07) is 12.4. The number of carbonyl (C=O) groups excluding carboxylic acids is 3. The Kier molecular flexibility index (Phi) is 7.32. The van der Waals surface area contributed by atoms with E-state index in [1.165, 1.54) is 6.92 Å². The van der Waals surface area contributed by atoms with E-state index in [1.54, 1.807) is 31.4 Å². The Hall–Kier alpha value is -3.15. The van der Waals surface area contributed by atoms with Crippen LogP contribution in [0, 0.1) is 13.8 Å². The quantitative estimate of drug-likeness (QED) is 0.553. The van der Waals surface area contributed by atoms with E-state index in [9.17, 15) is 14.4 Å². The molecule has 0 unspecified atom stereocenters. The van der Waals surface area contributed by atoms with Crippen LogP contribution >= 0.6 is 0 Å². The minimum Gasteiger partial charge on any atom is -0.497 e. The Morgan fingerprint density at radius 2 is 1.68 bits per heavy atom. The standard InChI is InChI=1S/C22H25NO5/c1-14-5-6-15(2)19(13-14)20(24)11-12-21(25)28-16(3)22(26)23-17-7-9-18(27-4)10-8-17/h5-10,13,16H,11-12H2,1-4H3,(H,23,26)/t16-/m0/s1. The fourth-order valence-corrected chi connectivity index (χ4v) is 2.61. The van der Waals surface area contributed by atoms with E-state index in [2.05, 4.69) is 5.32 Å². The second-order valence-electron chi connectivity index (χ2n) is 6.59. The van der Waals surface area contributed by atoms with Crippen LogP contribution in [0.1, 0.15) is 41.3 Å². The molecule has 0 spiro atoms. The molecule has 0 aliphatic rings. The fraction of sp³-hybridized carbons (Fsp3) is 0.318. The van der Waals surface area contributed by atoms with Gasteiger partial charge in [-0.2, -0.15) is 0 Å². The molecule has 0 saturated carbocycles. The number of anilines is 1. The Morgan fingerprint density at radius 3 is 2.32 bits per heavy atom. The second-order valence-corrected chi connectivity index (χ2v) is 6.59. The molecule has 2 rings (SSSR count). The number of rotatable bonds is 8. The molecular formula is C22H25NO5. The highest BCUT2D eigenvalue weighted by molar-refractivity contribution is 5.99. The monoisotopic (exact) mass is 383 g/mol. The lowest BCUT2D eigenvalue weighted by Crippen LogP contribution is -2.30. The van der Waals surface area contributed by atoms with Crippen molar-refractivity contribution in [3.05, 3.63) is 59.2 Å². The molecule has 1 atom stereocenters. The van der Waals surface area contributed by atoms with Crippen LogP contribution in [0.4, 0.5) is 5.69 Å². The lowest BCUT2D eigenvalue weighted by atomic mass is 9.99. The highest BCUT2D eigenvalue weighted by atomic mass is 16.5. The van der Waals surface area contributed by atoms with Crippen LogP contribution in [-0.2, 0) is 14.3 Å². The predicted octanol–water partition coefficient (Wildman–Crippen LogP) is 3.85.